The quantitative estimate of drug-likeness (QED) is 0.863. The summed E-state index contributed by atoms with van der Waals surface area (Å²) in [5.74, 6) is 1.74. The monoisotopic (exact) mass is 285 g/mol. The lowest BCUT2D eigenvalue weighted by Gasteiger charge is -2.41. The topological polar surface area (TPSA) is 47.4 Å². The van der Waals surface area contributed by atoms with Gasteiger partial charge in [-0.3, -0.25) is 4.79 Å². The number of carbonyl (C=O) groups is 1. The van der Waals surface area contributed by atoms with Gasteiger partial charge in [0.1, 0.15) is 11.6 Å². The standard InChI is InChI=1S/C16H19N3O2/c1-12(21-15-6-4-3-5-7-15)16(20)18-10-14(11-18)19-9-8-17-13(19)2/h3-9,12,14H,10-11H2,1-2H3/t12-/m0/s1. The van der Waals surface area contributed by atoms with E-state index in [9.17, 15) is 4.79 Å². The Morgan fingerprint density at radius 3 is 2.67 bits per heavy atom. The van der Waals surface area contributed by atoms with E-state index in [4.69, 9.17) is 4.74 Å². The number of hydrogen-bond donors (Lipinski definition) is 0. The molecule has 0 unspecified atom stereocenters. The number of hydrogen-bond acceptors (Lipinski definition) is 3. The summed E-state index contributed by atoms with van der Waals surface area (Å²) in [5.41, 5.74) is 0. The first-order chi connectivity index (χ1) is 10.1. The highest BCUT2D eigenvalue weighted by Gasteiger charge is 2.35. The zero-order valence-electron chi connectivity index (χ0n) is 12.3. The molecule has 1 fully saturated rings. The molecule has 1 aliphatic heterocycles. The molecule has 0 bridgehead atoms. The first-order valence-corrected chi connectivity index (χ1v) is 7.15. The number of aromatic nitrogens is 2. The van der Waals surface area contributed by atoms with Crippen LogP contribution in [0, 0.1) is 6.92 Å². The Morgan fingerprint density at radius 1 is 1.33 bits per heavy atom. The van der Waals surface area contributed by atoms with E-state index in [2.05, 4.69) is 9.55 Å². The molecule has 2 heterocycles. The van der Waals surface area contributed by atoms with E-state index in [1.165, 1.54) is 0 Å². The molecule has 1 aromatic carbocycles. The molecule has 0 saturated carbocycles. The molecular weight excluding hydrogens is 266 g/mol. The fraction of sp³-hybridized carbons (Fsp3) is 0.375. The van der Waals surface area contributed by atoms with Gasteiger partial charge < -0.3 is 14.2 Å². The van der Waals surface area contributed by atoms with Gasteiger partial charge in [0.2, 0.25) is 0 Å². The van der Waals surface area contributed by atoms with Gasteiger partial charge in [0, 0.05) is 25.5 Å². The van der Waals surface area contributed by atoms with Gasteiger partial charge in [-0.1, -0.05) is 18.2 Å². The van der Waals surface area contributed by atoms with Gasteiger partial charge in [-0.05, 0) is 26.0 Å². The number of aryl methyl sites for hydroxylation is 1. The molecule has 2 aromatic rings. The Kier molecular flexibility index (Phi) is 3.64. The van der Waals surface area contributed by atoms with Crippen molar-refractivity contribution in [3.63, 3.8) is 0 Å². The van der Waals surface area contributed by atoms with E-state index in [0.29, 0.717) is 6.04 Å². The Hall–Kier alpha value is -2.30. The lowest BCUT2D eigenvalue weighted by molar-refractivity contribution is -0.143. The van der Waals surface area contributed by atoms with Crippen LogP contribution in [-0.2, 0) is 4.79 Å². The average molecular weight is 285 g/mol. The van der Waals surface area contributed by atoms with Crippen LogP contribution in [-0.4, -0.2) is 39.6 Å². The molecule has 0 N–H and O–H groups in total. The van der Waals surface area contributed by atoms with Crippen LogP contribution in [0.1, 0.15) is 18.8 Å². The predicted molar refractivity (Wildman–Crippen MR) is 79.1 cm³/mol. The highest BCUT2D eigenvalue weighted by Crippen LogP contribution is 2.23. The number of benzene rings is 1. The van der Waals surface area contributed by atoms with Crippen molar-refractivity contribution in [2.24, 2.45) is 0 Å². The normalized spacial score (nSPS) is 16.4. The maximum absolute atomic E-state index is 12.3. The molecule has 1 saturated heterocycles. The van der Waals surface area contributed by atoms with Gasteiger partial charge >= 0.3 is 0 Å². The van der Waals surface area contributed by atoms with E-state index in [-0.39, 0.29) is 5.91 Å². The van der Waals surface area contributed by atoms with Crippen LogP contribution in [0.4, 0.5) is 0 Å². The summed E-state index contributed by atoms with van der Waals surface area (Å²) in [6.45, 7) is 5.22. The molecule has 110 valence electrons. The zero-order valence-corrected chi connectivity index (χ0v) is 12.3. The Bertz CT molecular complexity index is 617. The molecule has 1 atom stereocenters. The van der Waals surface area contributed by atoms with Gasteiger partial charge in [-0.15, -0.1) is 0 Å². The van der Waals surface area contributed by atoms with Gasteiger partial charge in [0.25, 0.3) is 5.91 Å². The lowest BCUT2D eigenvalue weighted by Crippen LogP contribution is -2.54. The molecule has 3 rings (SSSR count). The molecule has 5 nitrogen and oxygen atoms in total. The summed E-state index contributed by atoms with van der Waals surface area (Å²) >= 11 is 0. The maximum atomic E-state index is 12.3. The van der Waals surface area contributed by atoms with Crippen molar-refractivity contribution in [3.05, 3.63) is 48.5 Å². The third-order valence-electron chi connectivity index (χ3n) is 3.83. The van der Waals surface area contributed by atoms with E-state index in [1.807, 2.05) is 48.4 Å². The largest absolute Gasteiger partial charge is 0.481 e. The third kappa shape index (κ3) is 2.77. The Morgan fingerprint density at radius 2 is 2.05 bits per heavy atom. The fourth-order valence-electron chi connectivity index (χ4n) is 2.60. The first-order valence-electron chi connectivity index (χ1n) is 7.15. The van der Waals surface area contributed by atoms with Crippen LogP contribution in [0.2, 0.25) is 0 Å². The Balaban J connectivity index is 1.54. The number of carbonyl (C=O) groups excluding carboxylic acids is 1. The van der Waals surface area contributed by atoms with Crippen LogP contribution in [0.3, 0.4) is 0 Å². The second kappa shape index (κ2) is 5.60. The second-order valence-corrected chi connectivity index (χ2v) is 5.35. The van der Waals surface area contributed by atoms with Crippen LogP contribution in [0.25, 0.3) is 0 Å². The van der Waals surface area contributed by atoms with Crippen LogP contribution >= 0.6 is 0 Å². The van der Waals surface area contributed by atoms with Crippen LogP contribution in [0.15, 0.2) is 42.7 Å². The van der Waals surface area contributed by atoms with E-state index in [0.717, 1.165) is 24.7 Å². The van der Waals surface area contributed by atoms with Crippen molar-refractivity contribution in [1.29, 1.82) is 0 Å². The zero-order chi connectivity index (χ0) is 14.8. The summed E-state index contributed by atoms with van der Waals surface area (Å²) in [7, 11) is 0. The second-order valence-electron chi connectivity index (χ2n) is 5.35. The molecule has 1 aromatic heterocycles. The summed E-state index contributed by atoms with van der Waals surface area (Å²) in [5, 5.41) is 0. The third-order valence-corrected chi connectivity index (χ3v) is 3.83. The summed E-state index contributed by atoms with van der Waals surface area (Å²) in [6.07, 6.45) is 3.30. The van der Waals surface area contributed by atoms with Crippen molar-refractivity contribution in [3.8, 4) is 5.75 Å². The van der Waals surface area contributed by atoms with Crippen molar-refractivity contribution in [2.45, 2.75) is 26.0 Å². The molecular formula is C16H19N3O2. The SMILES string of the molecule is Cc1nccn1C1CN(C(=O)[C@H](C)Oc2ccccc2)C1. The molecule has 1 amide bonds. The smallest absolute Gasteiger partial charge is 0.263 e. The van der Waals surface area contributed by atoms with Crippen molar-refractivity contribution < 1.29 is 9.53 Å². The number of amides is 1. The van der Waals surface area contributed by atoms with Gasteiger partial charge in [0.15, 0.2) is 6.10 Å². The molecule has 1 aliphatic rings. The summed E-state index contributed by atoms with van der Waals surface area (Å²) in [6, 6.07) is 9.77. The van der Waals surface area contributed by atoms with Gasteiger partial charge in [-0.2, -0.15) is 0 Å². The minimum atomic E-state index is -0.461. The van der Waals surface area contributed by atoms with E-state index < -0.39 is 6.10 Å². The molecule has 5 heteroatoms. The fourth-order valence-corrected chi connectivity index (χ4v) is 2.60. The number of likely N-dealkylation sites (tertiary alicyclic amines) is 1. The number of ether oxygens (including phenoxy) is 1. The maximum Gasteiger partial charge on any atom is 0.263 e. The number of nitrogens with zero attached hydrogens (tertiary/aromatic N) is 3. The highest BCUT2D eigenvalue weighted by molar-refractivity contribution is 5.81. The van der Waals surface area contributed by atoms with Crippen molar-refractivity contribution in [1.82, 2.24) is 14.5 Å². The minimum absolute atomic E-state index is 0.0351. The summed E-state index contributed by atoms with van der Waals surface area (Å²) in [4.78, 5) is 18.4. The number of rotatable bonds is 4. The first kappa shape index (κ1) is 13.7. The lowest BCUT2D eigenvalue weighted by atomic mass is 10.1. The number of para-hydroxylation sites is 1. The molecule has 0 spiro atoms. The molecule has 21 heavy (non-hydrogen) atoms. The average Bonchev–Trinajstić information content (AvgIpc) is 2.84. The van der Waals surface area contributed by atoms with Crippen LogP contribution in [0.5, 0.6) is 5.75 Å². The van der Waals surface area contributed by atoms with Crippen LogP contribution < -0.4 is 4.74 Å². The van der Waals surface area contributed by atoms with Gasteiger partial charge in [0.05, 0.1) is 6.04 Å². The minimum Gasteiger partial charge on any atom is -0.481 e. The number of imidazole rings is 1. The van der Waals surface area contributed by atoms with Gasteiger partial charge in [-0.25, -0.2) is 4.98 Å². The van der Waals surface area contributed by atoms with Crippen molar-refractivity contribution >= 4 is 5.91 Å². The Labute approximate surface area is 124 Å². The van der Waals surface area contributed by atoms with E-state index >= 15 is 0 Å². The van der Waals surface area contributed by atoms with Crippen molar-refractivity contribution in [2.75, 3.05) is 13.1 Å². The summed E-state index contributed by atoms with van der Waals surface area (Å²) < 4.78 is 7.79. The highest BCUT2D eigenvalue weighted by atomic mass is 16.5. The molecule has 0 aliphatic carbocycles. The predicted octanol–water partition coefficient (Wildman–Crippen LogP) is 2.04. The molecule has 0 radical (unpaired) electrons. The van der Waals surface area contributed by atoms with E-state index in [1.54, 1.807) is 13.1 Å².